The van der Waals surface area contributed by atoms with Crippen LogP contribution in [0.25, 0.3) is 0 Å². The topological polar surface area (TPSA) is 77.5 Å². The number of nitrogens with two attached hydrogens (primary N) is 1. The van der Waals surface area contributed by atoms with Gasteiger partial charge in [0.1, 0.15) is 29.4 Å². The van der Waals surface area contributed by atoms with Crippen molar-refractivity contribution in [3.8, 4) is 5.75 Å². The number of benzene rings is 1. The minimum absolute atomic E-state index is 0.118. The fourth-order valence-electron chi connectivity index (χ4n) is 1.60. The number of ether oxygens (including phenoxy) is 1. The van der Waals surface area contributed by atoms with Crippen LogP contribution in [0.3, 0.4) is 0 Å². The molecular weight excluding hydrogens is 276 g/mol. The van der Waals surface area contributed by atoms with Gasteiger partial charge < -0.3 is 20.2 Å². The van der Waals surface area contributed by atoms with Crippen molar-refractivity contribution in [3.05, 3.63) is 47.9 Å². The first-order chi connectivity index (χ1) is 9.56. The number of hydrogen-bond donors (Lipinski definition) is 2. The third kappa shape index (κ3) is 3.58. The van der Waals surface area contributed by atoms with Crippen molar-refractivity contribution < 1.29 is 13.9 Å². The molecule has 2 aromatic rings. The maximum atomic E-state index is 12.0. The number of para-hydroxylation sites is 2. The Labute approximate surface area is 121 Å². The van der Waals surface area contributed by atoms with Gasteiger partial charge in [-0.2, -0.15) is 0 Å². The summed E-state index contributed by atoms with van der Waals surface area (Å²) in [6.07, 6.45) is 1.41. The number of nitrogens with one attached hydrogen (secondary N) is 1. The number of amides is 1. The summed E-state index contributed by atoms with van der Waals surface area (Å²) in [5, 5.41) is 2.76. The Morgan fingerprint density at radius 3 is 2.85 bits per heavy atom. The van der Waals surface area contributed by atoms with Crippen molar-refractivity contribution in [3.63, 3.8) is 0 Å². The van der Waals surface area contributed by atoms with E-state index in [1.165, 1.54) is 6.26 Å². The second-order valence-electron chi connectivity index (χ2n) is 4.15. The van der Waals surface area contributed by atoms with E-state index in [1.54, 1.807) is 37.3 Å². The third-order valence-electron chi connectivity index (χ3n) is 2.50. The first-order valence-electron chi connectivity index (χ1n) is 5.93. The standard InChI is InChI=1S/C14H14N2O3S/c1-9-6-10(7-18-9)14(17)16-11-4-2-3-5-12(11)19-8-13(15)20/h2-7H,8H2,1H3,(H2,15,20)(H,16,17). The molecule has 0 spiro atoms. The van der Waals surface area contributed by atoms with Gasteiger partial charge in [-0.05, 0) is 25.1 Å². The summed E-state index contributed by atoms with van der Waals surface area (Å²) < 4.78 is 10.5. The molecule has 2 rings (SSSR count). The van der Waals surface area contributed by atoms with Gasteiger partial charge in [0.05, 0.1) is 11.3 Å². The van der Waals surface area contributed by atoms with E-state index in [0.717, 1.165) is 0 Å². The SMILES string of the molecule is Cc1cc(C(=O)Nc2ccccc2OCC(N)=S)co1. The molecule has 20 heavy (non-hydrogen) atoms. The predicted octanol–water partition coefficient (Wildman–Crippen LogP) is 2.51. The third-order valence-corrected chi connectivity index (χ3v) is 2.62. The average molecular weight is 290 g/mol. The maximum absolute atomic E-state index is 12.0. The van der Waals surface area contributed by atoms with E-state index in [2.05, 4.69) is 5.32 Å². The van der Waals surface area contributed by atoms with Crippen molar-refractivity contribution in [1.29, 1.82) is 0 Å². The quantitative estimate of drug-likeness (QED) is 0.827. The second kappa shape index (κ2) is 6.21. The van der Waals surface area contributed by atoms with Crippen molar-refractivity contribution in [2.24, 2.45) is 5.73 Å². The molecule has 0 aliphatic rings. The molecule has 1 aromatic carbocycles. The van der Waals surface area contributed by atoms with Crippen LogP contribution in [0.5, 0.6) is 5.75 Å². The minimum Gasteiger partial charge on any atom is -0.484 e. The number of rotatable bonds is 5. The Balaban J connectivity index is 2.12. The molecule has 0 aliphatic heterocycles. The molecular formula is C14H14N2O3S. The highest BCUT2D eigenvalue weighted by Gasteiger charge is 2.11. The Hall–Kier alpha value is -2.34. The molecule has 0 saturated heterocycles. The molecule has 1 heterocycles. The number of hydrogen-bond acceptors (Lipinski definition) is 4. The van der Waals surface area contributed by atoms with Gasteiger partial charge in [0.15, 0.2) is 0 Å². The van der Waals surface area contributed by atoms with Crippen LogP contribution in [-0.2, 0) is 0 Å². The lowest BCUT2D eigenvalue weighted by Gasteiger charge is -2.11. The van der Waals surface area contributed by atoms with Crippen molar-refractivity contribution >= 4 is 28.8 Å². The van der Waals surface area contributed by atoms with Gasteiger partial charge >= 0.3 is 0 Å². The molecule has 0 bridgehead atoms. The molecule has 0 fully saturated rings. The van der Waals surface area contributed by atoms with Crippen LogP contribution < -0.4 is 15.8 Å². The molecule has 3 N–H and O–H groups in total. The Kier molecular flexibility index (Phi) is 4.37. The van der Waals surface area contributed by atoms with Gasteiger partial charge in [0, 0.05) is 0 Å². The number of furan rings is 1. The summed E-state index contributed by atoms with van der Waals surface area (Å²) in [5.41, 5.74) is 6.39. The zero-order valence-electron chi connectivity index (χ0n) is 10.9. The predicted molar refractivity (Wildman–Crippen MR) is 80.1 cm³/mol. The number of anilines is 1. The lowest BCUT2D eigenvalue weighted by molar-refractivity contribution is 0.102. The van der Waals surface area contributed by atoms with E-state index in [9.17, 15) is 4.79 Å². The largest absolute Gasteiger partial charge is 0.484 e. The van der Waals surface area contributed by atoms with E-state index in [-0.39, 0.29) is 17.5 Å². The molecule has 0 saturated carbocycles. The van der Waals surface area contributed by atoms with Crippen LogP contribution in [0.2, 0.25) is 0 Å². The van der Waals surface area contributed by atoms with Gasteiger partial charge in [-0.15, -0.1) is 0 Å². The van der Waals surface area contributed by atoms with E-state index in [0.29, 0.717) is 22.8 Å². The van der Waals surface area contributed by atoms with Gasteiger partial charge in [-0.3, -0.25) is 4.79 Å². The molecule has 0 unspecified atom stereocenters. The zero-order chi connectivity index (χ0) is 14.5. The summed E-state index contributed by atoms with van der Waals surface area (Å²) >= 11 is 4.76. The fraction of sp³-hybridized carbons (Fsp3) is 0.143. The average Bonchev–Trinajstić information content (AvgIpc) is 2.84. The van der Waals surface area contributed by atoms with E-state index >= 15 is 0 Å². The molecule has 1 amide bonds. The minimum atomic E-state index is -0.270. The number of thiocarbonyl (C=S) groups is 1. The zero-order valence-corrected chi connectivity index (χ0v) is 11.7. The van der Waals surface area contributed by atoms with Crippen LogP contribution in [0.1, 0.15) is 16.1 Å². The summed E-state index contributed by atoms with van der Waals surface area (Å²) in [7, 11) is 0. The Bertz CT molecular complexity index is 637. The summed E-state index contributed by atoms with van der Waals surface area (Å²) in [6.45, 7) is 1.89. The molecule has 0 atom stereocenters. The number of aryl methyl sites for hydroxylation is 1. The highest BCUT2D eigenvalue weighted by Crippen LogP contribution is 2.24. The van der Waals surface area contributed by atoms with Gasteiger partial charge in [0.25, 0.3) is 5.91 Å². The molecule has 0 radical (unpaired) electrons. The fourth-order valence-corrected chi connectivity index (χ4v) is 1.66. The lowest BCUT2D eigenvalue weighted by Crippen LogP contribution is -2.19. The molecule has 6 heteroatoms. The Morgan fingerprint density at radius 1 is 1.45 bits per heavy atom. The summed E-state index contributed by atoms with van der Waals surface area (Å²) in [4.78, 5) is 12.3. The van der Waals surface area contributed by atoms with Crippen molar-refractivity contribution in [1.82, 2.24) is 0 Å². The van der Waals surface area contributed by atoms with Crippen LogP contribution in [0.4, 0.5) is 5.69 Å². The first-order valence-corrected chi connectivity index (χ1v) is 6.33. The monoisotopic (exact) mass is 290 g/mol. The molecule has 104 valence electrons. The molecule has 0 aliphatic carbocycles. The first kappa shape index (κ1) is 14.1. The van der Waals surface area contributed by atoms with Crippen molar-refractivity contribution in [2.75, 3.05) is 11.9 Å². The van der Waals surface area contributed by atoms with Crippen LogP contribution >= 0.6 is 12.2 Å². The number of carbonyl (C=O) groups excluding carboxylic acids is 1. The van der Waals surface area contributed by atoms with Gasteiger partial charge in [-0.1, -0.05) is 24.4 Å². The summed E-state index contributed by atoms with van der Waals surface area (Å²) in [5.74, 6) is 0.912. The highest BCUT2D eigenvalue weighted by atomic mass is 32.1. The van der Waals surface area contributed by atoms with Crippen molar-refractivity contribution in [2.45, 2.75) is 6.92 Å². The Morgan fingerprint density at radius 2 is 2.20 bits per heavy atom. The maximum Gasteiger partial charge on any atom is 0.259 e. The van der Waals surface area contributed by atoms with E-state index in [4.69, 9.17) is 27.1 Å². The summed E-state index contributed by atoms with van der Waals surface area (Å²) in [6, 6.07) is 8.72. The molecule has 1 aromatic heterocycles. The van der Waals surface area contributed by atoms with E-state index < -0.39 is 0 Å². The second-order valence-corrected chi connectivity index (χ2v) is 4.68. The van der Waals surface area contributed by atoms with Gasteiger partial charge in [0.2, 0.25) is 0 Å². The smallest absolute Gasteiger partial charge is 0.259 e. The van der Waals surface area contributed by atoms with Crippen LogP contribution in [0.15, 0.2) is 41.0 Å². The van der Waals surface area contributed by atoms with Gasteiger partial charge in [-0.25, -0.2) is 0 Å². The normalized spacial score (nSPS) is 10.1. The highest BCUT2D eigenvalue weighted by molar-refractivity contribution is 7.80. The number of carbonyl (C=O) groups is 1. The molecule has 5 nitrogen and oxygen atoms in total. The van der Waals surface area contributed by atoms with E-state index in [1.807, 2.05) is 0 Å². The van der Waals surface area contributed by atoms with Crippen LogP contribution in [0, 0.1) is 6.92 Å². The van der Waals surface area contributed by atoms with Crippen LogP contribution in [-0.4, -0.2) is 17.5 Å². The lowest BCUT2D eigenvalue weighted by atomic mass is 10.2.